The van der Waals surface area contributed by atoms with Crippen LogP contribution in [-0.4, -0.2) is 12.6 Å². The van der Waals surface area contributed by atoms with Crippen LogP contribution in [0.5, 0.6) is 0 Å². The number of hydrogen-bond donors (Lipinski definition) is 1. The Hall–Kier alpha value is -1.02. The fraction of sp³-hybridized carbons (Fsp3) is 0.700. The van der Waals surface area contributed by atoms with Crippen LogP contribution in [0.3, 0.4) is 0 Å². The molecular weight excluding hydrogens is 270 g/mol. The molecule has 0 bridgehead atoms. The van der Waals surface area contributed by atoms with Crippen molar-refractivity contribution >= 4 is 5.69 Å². The van der Waals surface area contributed by atoms with Crippen LogP contribution in [-0.2, 0) is 11.2 Å². The molecule has 1 aliphatic carbocycles. The Morgan fingerprint density at radius 3 is 2.77 bits per heavy atom. The Morgan fingerprint density at radius 2 is 1.95 bits per heavy atom. The van der Waals surface area contributed by atoms with E-state index in [2.05, 4.69) is 30.4 Å². The molecule has 2 fully saturated rings. The van der Waals surface area contributed by atoms with Gasteiger partial charge in [-0.2, -0.15) is 0 Å². The molecule has 2 heteroatoms. The third kappa shape index (κ3) is 2.56. The Balaban J connectivity index is 1.67. The van der Waals surface area contributed by atoms with Crippen molar-refractivity contribution in [3.63, 3.8) is 0 Å². The third-order valence-electron chi connectivity index (χ3n) is 6.14. The maximum absolute atomic E-state index is 6.29. The number of hydrogen-bond acceptors (Lipinski definition) is 2. The summed E-state index contributed by atoms with van der Waals surface area (Å²) in [6, 6.07) is 7.61. The molecule has 22 heavy (non-hydrogen) atoms. The molecule has 0 spiro atoms. The molecule has 2 nitrogen and oxygen atoms in total. The summed E-state index contributed by atoms with van der Waals surface area (Å²) < 4.78 is 6.29. The topological polar surface area (TPSA) is 21.3 Å². The van der Waals surface area contributed by atoms with Crippen LogP contribution < -0.4 is 5.32 Å². The number of nitrogens with one attached hydrogen (secondary N) is 1. The van der Waals surface area contributed by atoms with Gasteiger partial charge in [-0.05, 0) is 49.7 Å². The molecule has 1 aromatic carbocycles. The van der Waals surface area contributed by atoms with E-state index in [-0.39, 0.29) is 0 Å². The predicted molar refractivity (Wildman–Crippen MR) is 91.2 cm³/mol. The van der Waals surface area contributed by atoms with Crippen molar-refractivity contribution in [3.05, 3.63) is 29.3 Å². The van der Waals surface area contributed by atoms with Gasteiger partial charge in [0.05, 0.1) is 6.10 Å². The van der Waals surface area contributed by atoms with Crippen molar-refractivity contribution in [1.29, 1.82) is 0 Å². The molecule has 3 unspecified atom stereocenters. The summed E-state index contributed by atoms with van der Waals surface area (Å²) in [7, 11) is 0. The summed E-state index contributed by atoms with van der Waals surface area (Å²) >= 11 is 0. The molecule has 1 saturated heterocycles. The smallest absolute Gasteiger partial charge is 0.0892 e. The van der Waals surface area contributed by atoms with Gasteiger partial charge in [-0.1, -0.05) is 38.3 Å². The molecular formula is C20H29NO. The van der Waals surface area contributed by atoms with E-state index in [4.69, 9.17) is 4.74 Å². The van der Waals surface area contributed by atoms with Gasteiger partial charge in [0.2, 0.25) is 0 Å². The number of rotatable bonds is 2. The molecule has 4 rings (SSSR count). The third-order valence-corrected chi connectivity index (χ3v) is 6.14. The zero-order valence-electron chi connectivity index (χ0n) is 13.8. The molecule has 1 aromatic rings. The fourth-order valence-corrected chi connectivity index (χ4v) is 4.94. The summed E-state index contributed by atoms with van der Waals surface area (Å²) in [6.07, 6.45) is 11.1. The van der Waals surface area contributed by atoms with E-state index >= 15 is 0 Å². The van der Waals surface area contributed by atoms with Gasteiger partial charge in [-0.3, -0.25) is 0 Å². The van der Waals surface area contributed by atoms with E-state index < -0.39 is 0 Å². The zero-order valence-corrected chi connectivity index (χ0v) is 13.8. The zero-order chi connectivity index (χ0) is 14.9. The van der Waals surface area contributed by atoms with Crippen molar-refractivity contribution in [1.82, 2.24) is 0 Å². The first-order valence-corrected chi connectivity index (χ1v) is 9.38. The van der Waals surface area contributed by atoms with E-state index in [1.807, 2.05) is 0 Å². The first kappa shape index (κ1) is 14.6. The molecule has 0 aromatic heterocycles. The van der Waals surface area contributed by atoms with Crippen LogP contribution in [0.25, 0.3) is 0 Å². The molecule has 1 saturated carbocycles. The standard InChI is InChI=1S/C20H29NO/c1-2-14-10-11-18-17(13-14)20-16(9-6-12-22-20)19(21-18)15-7-4-3-5-8-15/h10-11,13,15-16,19-21H,2-9,12H2,1H3. The van der Waals surface area contributed by atoms with E-state index in [1.165, 1.54) is 61.8 Å². The van der Waals surface area contributed by atoms with E-state index in [0.29, 0.717) is 18.1 Å². The normalized spacial score (nSPS) is 32.0. The number of aryl methyl sites for hydroxylation is 1. The molecule has 3 atom stereocenters. The Labute approximate surface area is 134 Å². The van der Waals surface area contributed by atoms with Gasteiger partial charge in [0.1, 0.15) is 0 Å². The van der Waals surface area contributed by atoms with Gasteiger partial charge in [0, 0.05) is 29.8 Å². The van der Waals surface area contributed by atoms with Crippen molar-refractivity contribution in [3.8, 4) is 0 Å². The highest BCUT2D eigenvalue weighted by Crippen LogP contribution is 2.47. The van der Waals surface area contributed by atoms with E-state index in [9.17, 15) is 0 Å². The number of anilines is 1. The summed E-state index contributed by atoms with van der Waals surface area (Å²) in [4.78, 5) is 0. The average molecular weight is 299 g/mol. The minimum atomic E-state index is 0.337. The highest BCUT2D eigenvalue weighted by molar-refractivity contribution is 5.57. The van der Waals surface area contributed by atoms with Gasteiger partial charge in [-0.25, -0.2) is 0 Å². The SMILES string of the molecule is CCc1ccc2c(c1)C1OCCCC1C(C1CCCCC1)N2. The number of benzene rings is 1. The van der Waals surface area contributed by atoms with Crippen LogP contribution in [0.4, 0.5) is 5.69 Å². The molecule has 0 amide bonds. The first-order chi connectivity index (χ1) is 10.9. The van der Waals surface area contributed by atoms with Gasteiger partial charge in [0.25, 0.3) is 0 Å². The monoisotopic (exact) mass is 299 g/mol. The second kappa shape index (κ2) is 6.23. The van der Waals surface area contributed by atoms with Gasteiger partial charge in [0.15, 0.2) is 0 Å². The molecule has 1 N–H and O–H groups in total. The molecule has 0 radical (unpaired) electrons. The lowest BCUT2D eigenvalue weighted by atomic mass is 9.71. The van der Waals surface area contributed by atoms with Crippen molar-refractivity contribution in [2.24, 2.45) is 11.8 Å². The summed E-state index contributed by atoms with van der Waals surface area (Å²) in [6.45, 7) is 3.18. The van der Waals surface area contributed by atoms with Crippen molar-refractivity contribution in [2.75, 3.05) is 11.9 Å². The van der Waals surface area contributed by atoms with Crippen molar-refractivity contribution < 1.29 is 4.74 Å². The minimum Gasteiger partial charge on any atom is -0.381 e. The van der Waals surface area contributed by atoms with Crippen LogP contribution in [0.1, 0.15) is 69.1 Å². The number of ether oxygens (including phenoxy) is 1. The predicted octanol–water partition coefficient (Wildman–Crippen LogP) is 5.09. The summed E-state index contributed by atoms with van der Waals surface area (Å²) in [5, 5.41) is 3.94. The molecule has 3 aliphatic rings. The van der Waals surface area contributed by atoms with Crippen LogP contribution in [0.15, 0.2) is 18.2 Å². The van der Waals surface area contributed by atoms with E-state index in [0.717, 1.165) is 18.9 Å². The largest absolute Gasteiger partial charge is 0.381 e. The number of fused-ring (bicyclic) bond motifs is 3. The second-order valence-electron chi connectivity index (χ2n) is 7.44. The lowest BCUT2D eigenvalue weighted by Crippen LogP contribution is -2.46. The summed E-state index contributed by atoms with van der Waals surface area (Å²) in [5.74, 6) is 1.53. The molecule has 120 valence electrons. The van der Waals surface area contributed by atoms with Gasteiger partial charge >= 0.3 is 0 Å². The fourth-order valence-electron chi connectivity index (χ4n) is 4.94. The van der Waals surface area contributed by atoms with E-state index in [1.54, 1.807) is 0 Å². The van der Waals surface area contributed by atoms with Crippen LogP contribution >= 0.6 is 0 Å². The lowest BCUT2D eigenvalue weighted by Gasteiger charge is -2.47. The van der Waals surface area contributed by atoms with Crippen LogP contribution in [0.2, 0.25) is 0 Å². The second-order valence-corrected chi connectivity index (χ2v) is 7.44. The Bertz CT molecular complexity index is 520. The van der Waals surface area contributed by atoms with Crippen LogP contribution in [0, 0.1) is 11.8 Å². The average Bonchev–Trinajstić information content (AvgIpc) is 2.61. The van der Waals surface area contributed by atoms with Crippen molar-refractivity contribution in [2.45, 2.75) is 70.4 Å². The molecule has 2 aliphatic heterocycles. The highest BCUT2D eigenvalue weighted by Gasteiger charge is 2.42. The summed E-state index contributed by atoms with van der Waals surface area (Å²) in [5.41, 5.74) is 4.21. The Kier molecular flexibility index (Phi) is 4.13. The quantitative estimate of drug-likeness (QED) is 0.821. The maximum Gasteiger partial charge on any atom is 0.0892 e. The molecule has 2 heterocycles. The Morgan fingerprint density at radius 1 is 1.09 bits per heavy atom. The van der Waals surface area contributed by atoms with Gasteiger partial charge in [-0.15, -0.1) is 0 Å². The minimum absolute atomic E-state index is 0.337. The maximum atomic E-state index is 6.29. The lowest BCUT2D eigenvalue weighted by molar-refractivity contribution is -0.0458. The highest BCUT2D eigenvalue weighted by atomic mass is 16.5. The first-order valence-electron chi connectivity index (χ1n) is 9.38. The van der Waals surface area contributed by atoms with Gasteiger partial charge < -0.3 is 10.1 Å².